The topological polar surface area (TPSA) is 89.5 Å². The van der Waals surface area contributed by atoms with E-state index < -0.39 is 0 Å². The second-order valence-electron chi connectivity index (χ2n) is 7.01. The number of nitrogens with zero attached hydrogens (tertiary/aromatic N) is 3. The molecule has 0 radical (unpaired) electrons. The second-order valence-corrected chi connectivity index (χ2v) is 7.85. The lowest BCUT2D eigenvalue weighted by atomic mass is 10.1. The molecule has 0 saturated carbocycles. The summed E-state index contributed by atoms with van der Waals surface area (Å²) < 4.78 is 7.58. The third-order valence-corrected chi connectivity index (χ3v) is 5.72. The van der Waals surface area contributed by atoms with Crippen LogP contribution in [0.15, 0.2) is 63.1 Å². The maximum Gasteiger partial charge on any atom is 0.258 e. The van der Waals surface area contributed by atoms with Crippen LogP contribution in [0, 0.1) is 13.8 Å². The monoisotopic (exact) mass is 416 g/mol. The van der Waals surface area contributed by atoms with Crippen LogP contribution < -0.4 is 10.7 Å². The molecule has 0 atom stereocenters. The first-order valence-electron chi connectivity index (χ1n) is 9.25. The van der Waals surface area contributed by atoms with Crippen molar-refractivity contribution < 1.29 is 9.21 Å². The molecule has 30 heavy (non-hydrogen) atoms. The number of fused-ring (bicyclic) bond motifs is 2. The molecule has 3 heterocycles. The lowest BCUT2D eigenvalue weighted by Gasteiger charge is -2.05. The molecule has 0 unspecified atom stereocenters. The molecule has 0 spiro atoms. The fourth-order valence-electron chi connectivity index (χ4n) is 3.22. The number of benzene rings is 2. The molecule has 1 amide bonds. The third kappa shape index (κ3) is 3.17. The molecule has 5 aromatic rings. The normalized spacial score (nSPS) is 11.3. The van der Waals surface area contributed by atoms with Gasteiger partial charge in [-0.3, -0.25) is 14.9 Å². The number of nitrogens with one attached hydrogen (secondary N) is 1. The Morgan fingerprint density at radius 1 is 1.10 bits per heavy atom. The van der Waals surface area contributed by atoms with Gasteiger partial charge >= 0.3 is 0 Å². The van der Waals surface area contributed by atoms with Gasteiger partial charge in [0.15, 0.2) is 5.43 Å². The molecule has 5 rings (SSSR count). The van der Waals surface area contributed by atoms with Crippen molar-refractivity contribution in [2.45, 2.75) is 13.8 Å². The Kier molecular flexibility index (Phi) is 4.22. The van der Waals surface area contributed by atoms with E-state index in [2.05, 4.69) is 15.4 Å². The average Bonchev–Trinajstić information content (AvgIpc) is 3.29. The number of amides is 1. The molecule has 2 aromatic carbocycles. The molecule has 0 aliphatic heterocycles. The number of aryl methyl sites for hydroxylation is 2. The Morgan fingerprint density at radius 3 is 2.67 bits per heavy atom. The number of rotatable bonds is 3. The van der Waals surface area contributed by atoms with E-state index in [1.165, 1.54) is 17.4 Å². The first-order chi connectivity index (χ1) is 14.5. The van der Waals surface area contributed by atoms with Crippen molar-refractivity contribution >= 4 is 39.1 Å². The van der Waals surface area contributed by atoms with Gasteiger partial charge in [-0.05, 0) is 38.1 Å². The number of aromatic nitrogens is 3. The minimum absolute atomic E-state index is 0.0992. The molecule has 148 valence electrons. The Balaban J connectivity index is 1.41. The Hall–Kier alpha value is -3.78. The van der Waals surface area contributed by atoms with Gasteiger partial charge in [0, 0.05) is 22.6 Å². The first kappa shape index (κ1) is 18.3. The number of hydrogen-bond acceptors (Lipinski definition) is 6. The highest BCUT2D eigenvalue weighted by atomic mass is 32.1. The number of thiazole rings is 1. The van der Waals surface area contributed by atoms with Gasteiger partial charge in [-0.15, -0.1) is 16.4 Å². The highest BCUT2D eigenvalue weighted by Gasteiger charge is 2.13. The van der Waals surface area contributed by atoms with E-state index in [1.54, 1.807) is 34.8 Å². The molecule has 3 aromatic heterocycles. The maximum absolute atomic E-state index is 12.5. The molecule has 8 heteroatoms. The van der Waals surface area contributed by atoms with E-state index in [1.807, 2.05) is 31.4 Å². The van der Waals surface area contributed by atoms with E-state index in [9.17, 15) is 9.59 Å². The van der Waals surface area contributed by atoms with E-state index in [4.69, 9.17) is 4.42 Å². The Morgan fingerprint density at radius 2 is 1.90 bits per heavy atom. The van der Waals surface area contributed by atoms with Gasteiger partial charge in [0.1, 0.15) is 11.3 Å². The highest BCUT2D eigenvalue weighted by molar-refractivity contribution is 7.15. The van der Waals surface area contributed by atoms with E-state index in [0.717, 1.165) is 16.2 Å². The predicted octanol–water partition coefficient (Wildman–Crippen LogP) is 4.43. The summed E-state index contributed by atoms with van der Waals surface area (Å²) in [6.45, 7) is 3.86. The fraction of sp³-hybridized carbons (Fsp3) is 0.0909. The zero-order valence-electron chi connectivity index (χ0n) is 16.2. The average molecular weight is 416 g/mol. The van der Waals surface area contributed by atoms with Crippen molar-refractivity contribution in [3.05, 3.63) is 81.0 Å². The minimum Gasteiger partial charge on any atom is -0.456 e. The number of anilines is 1. The first-order valence-corrected chi connectivity index (χ1v) is 10.1. The van der Waals surface area contributed by atoms with Gasteiger partial charge in [-0.2, -0.15) is 4.98 Å². The van der Waals surface area contributed by atoms with Crippen molar-refractivity contribution in [1.82, 2.24) is 14.6 Å². The van der Waals surface area contributed by atoms with Crippen molar-refractivity contribution in [1.29, 1.82) is 0 Å². The summed E-state index contributed by atoms with van der Waals surface area (Å²) in [6, 6.07) is 13.8. The lowest BCUT2D eigenvalue weighted by Crippen LogP contribution is -2.13. The molecule has 0 saturated heterocycles. The van der Waals surface area contributed by atoms with Gasteiger partial charge in [0.2, 0.25) is 4.96 Å². The van der Waals surface area contributed by atoms with Crippen LogP contribution in [-0.4, -0.2) is 20.5 Å². The van der Waals surface area contributed by atoms with Gasteiger partial charge < -0.3 is 4.42 Å². The molecule has 7 nitrogen and oxygen atoms in total. The fourth-order valence-corrected chi connectivity index (χ4v) is 4.02. The lowest BCUT2D eigenvalue weighted by molar-refractivity contribution is 0.102. The van der Waals surface area contributed by atoms with Crippen LogP contribution in [0.4, 0.5) is 5.95 Å². The summed E-state index contributed by atoms with van der Waals surface area (Å²) in [5, 5.41) is 9.50. The van der Waals surface area contributed by atoms with Crippen LogP contribution in [0.3, 0.4) is 0 Å². The molecule has 1 N–H and O–H groups in total. The number of carbonyl (C=O) groups excluding carboxylic acids is 1. The number of hydrogen-bond donors (Lipinski definition) is 1. The Bertz CT molecular complexity index is 1480. The zero-order valence-corrected chi connectivity index (χ0v) is 17.0. The Labute approximate surface area is 174 Å². The van der Waals surface area contributed by atoms with Crippen LogP contribution in [0.5, 0.6) is 0 Å². The summed E-state index contributed by atoms with van der Waals surface area (Å²) >= 11 is 1.46. The summed E-state index contributed by atoms with van der Waals surface area (Å²) in [4.78, 5) is 30.0. The van der Waals surface area contributed by atoms with E-state index >= 15 is 0 Å². The summed E-state index contributed by atoms with van der Waals surface area (Å²) in [7, 11) is 0. The standard InChI is InChI=1S/C22H16N4O3S/c1-12-3-8-18-16(9-12)17(27)10-19(29-18)14-4-6-15(7-5-14)20(28)23-21-24-22-26(25-21)13(2)11-30-22/h3-11H,1-2H3,(H,23,25,28). The van der Waals surface area contributed by atoms with Crippen molar-refractivity contribution in [2.24, 2.45) is 0 Å². The van der Waals surface area contributed by atoms with Gasteiger partial charge in [0.05, 0.1) is 11.1 Å². The highest BCUT2D eigenvalue weighted by Crippen LogP contribution is 2.23. The van der Waals surface area contributed by atoms with Crippen LogP contribution in [0.2, 0.25) is 0 Å². The molecular weight excluding hydrogens is 400 g/mol. The van der Waals surface area contributed by atoms with Gasteiger partial charge in [-0.25, -0.2) is 4.52 Å². The largest absolute Gasteiger partial charge is 0.456 e. The van der Waals surface area contributed by atoms with Gasteiger partial charge in [0.25, 0.3) is 11.9 Å². The molecular formula is C22H16N4O3S. The quantitative estimate of drug-likeness (QED) is 0.470. The van der Waals surface area contributed by atoms with Crippen molar-refractivity contribution in [2.75, 3.05) is 5.32 Å². The van der Waals surface area contributed by atoms with E-state index in [0.29, 0.717) is 27.9 Å². The predicted molar refractivity (Wildman–Crippen MR) is 116 cm³/mol. The summed E-state index contributed by atoms with van der Waals surface area (Å²) in [5.74, 6) is 0.400. The number of carbonyl (C=O) groups is 1. The molecule has 0 fully saturated rings. The molecule has 0 aliphatic carbocycles. The van der Waals surface area contributed by atoms with Crippen LogP contribution in [0.25, 0.3) is 27.3 Å². The van der Waals surface area contributed by atoms with Crippen LogP contribution >= 0.6 is 11.3 Å². The maximum atomic E-state index is 12.5. The molecule has 0 aliphatic rings. The van der Waals surface area contributed by atoms with Crippen molar-refractivity contribution in [3.63, 3.8) is 0 Å². The minimum atomic E-state index is -0.312. The zero-order chi connectivity index (χ0) is 20.8. The van der Waals surface area contributed by atoms with Crippen LogP contribution in [-0.2, 0) is 0 Å². The smallest absolute Gasteiger partial charge is 0.258 e. The van der Waals surface area contributed by atoms with Crippen molar-refractivity contribution in [3.8, 4) is 11.3 Å². The van der Waals surface area contributed by atoms with Crippen LogP contribution in [0.1, 0.15) is 21.6 Å². The van der Waals surface area contributed by atoms with Gasteiger partial charge in [-0.1, -0.05) is 23.8 Å². The molecule has 0 bridgehead atoms. The summed E-state index contributed by atoms with van der Waals surface area (Å²) in [6.07, 6.45) is 0. The van der Waals surface area contributed by atoms with E-state index in [-0.39, 0.29) is 17.3 Å². The third-order valence-electron chi connectivity index (χ3n) is 4.79. The summed E-state index contributed by atoms with van der Waals surface area (Å²) in [5.41, 5.74) is 3.55. The second kappa shape index (κ2) is 6.93. The SMILES string of the molecule is Cc1ccc2oc(-c3ccc(C(=O)Nc4nc5scc(C)n5n4)cc3)cc(=O)c2c1.